The van der Waals surface area contributed by atoms with Crippen molar-refractivity contribution in [1.29, 1.82) is 0 Å². The Morgan fingerprint density at radius 2 is 1.82 bits per heavy atom. The molecule has 0 aliphatic rings. The van der Waals surface area contributed by atoms with Crippen molar-refractivity contribution in [1.82, 2.24) is 4.98 Å². The molecule has 2 aromatic rings. The highest BCUT2D eigenvalue weighted by molar-refractivity contribution is 5.87. The van der Waals surface area contributed by atoms with Crippen LogP contribution in [-0.2, 0) is 9.53 Å². The van der Waals surface area contributed by atoms with E-state index in [0.29, 0.717) is 0 Å². The summed E-state index contributed by atoms with van der Waals surface area (Å²) < 4.78 is 5.02. The summed E-state index contributed by atoms with van der Waals surface area (Å²) in [5, 5.41) is 0.960. The highest BCUT2D eigenvalue weighted by Crippen LogP contribution is 2.41. The molecule has 118 valence electrons. The van der Waals surface area contributed by atoms with Crippen LogP contribution in [0.4, 0.5) is 4.79 Å². The van der Waals surface area contributed by atoms with Crippen LogP contribution in [0.5, 0.6) is 0 Å². The van der Waals surface area contributed by atoms with Gasteiger partial charge in [-0.2, -0.15) is 0 Å². The number of primary amides is 2. The summed E-state index contributed by atoms with van der Waals surface area (Å²) in [4.78, 5) is 26.2. The molecule has 2 amide bonds. The van der Waals surface area contributed by atoms with E-state index in [9.17, 15) is 9.59 Å². The number of hydrogen-bond acceptors (Lipinski definition) is 3. The van der Waals surface area contributed by atoms with Gasteiger partial charge < -0.3 is 21.2 Å². The van der Waals surface area contributed by atoms with Crippen molar-refractivity contribution in [2.24, 2.45) is 16.9 Å². The fraction of sp³-hybridized carbons (Fsp3) is 0.375. The second-order valence-corrected chi connectivity index (χ2v) is 6.39. The van der Waals surface area contributed by atoms with E-state index in [1.165, 1.54) is 0 Å². The van der Waals surface area contributed by atoms with Crippen molar-refractivity contribution in [2.75, 3.05) is 0 Å². The van der Waals surface area contributed by atoms with Gasteiger partial charge in [-0.1, -0.05) is 39.0 Å². The molecule has 1 aromatic carbocycles. The monoisotopic (exact) mass is 303 g/mol. The second kappa shape index (κ2) is 5.71. The molecule has 6 heteroatoms. The minimum Gasteiger partial charge on any atom is -0.436 e. The molecule has 0 saturated carbocycles. The number of hydrogen-bond donors (Lipinski definition) is 3. The minimum atomic E-state index is -1.13. The number of amides is 2. The number of benzene rings is 1. The molecule has 22 heavy (non-hydrogen) atoms. The van der Waals surface area contributed by atoms with Crippen molar-refractivity contribution in [3.8, 4) is 0 Å². The maximum absolute atomic E-state index is 11.8. The summed E-state index contributed by atoms with van der Waals surface area (Å²) in [7, 11) is 0. The Labute approximate surface area is 128 Å². The number of carbonyl (C=O) groups excluding carboxylic acids is 2. The zero-order valence-electron chi connectivity index (χ0n) is 12.9. The van der Waals surface area contributed by atoms with E-state index in [0.717, 1.165) is 16.5 Å². The van der Waals surface area contributed by atoms with Crippen LogP contribution in [0.15, 0.2) is 30.5 Å². The first-order chi connectivity index (χ1) is 10.2. The Balaban J connectivity index is 2.59. The van der Waals surface area contributed by atoms with Crippen LogP contribution >= 0.6 is 0 Å². The molecule has 0 fully saturated rings. The number of carbonyl (C=O) groups is 2. The number of aromatic nitrogens is 1. The van der Waals surface area contributed by atoms with E-state index in [1.807, 2.05) is 51.2 Å². The Kier molecular flexibility index (Phi) is 4.12. The van der Waals surface area contributed by atoms with Crippen molar-refractivity contribution >= 4 is 22.9 Å². The van der Waals surface area contributed by atoms with Gasteiger partial charge in [0.25, 0.3) is 5.91 Å². The molecule has 6 nitrogen and oxygen atoms in total. The SMILES string of the molecule is CC(C)(C)C(c1c[nH]c2ccccc12)C(OC(N)=O)C(N)=O. The molecule has 0 bridgehead atoms. The highest BCUT2D eigenvalue weighted by atomic mass is 16.6. The summed E-state index contributed by atoms with van der Waals surface area (Å²) in [5.41, 5.74) is 12.0. The molecule has 0 aliphatic heterocycles. The maximum Gasteiger partial charge on any atom is 0.405 e. The van der Waals surface area contributed by atoms with Gasteiger partial charge in [-0.3, -0.25) is 4.79 Å². The Morgan fingerprint density at radius 3 is 2.36 bits per heavy atom. The first-order valence-corrected chi connectivity index (χ1v) is 7.03. The topological polar surface area (TPSA) is 111 Å². The first-order valence-electron chi connectivity index (χ1n) is 7.03. The van der Waals surface area contributed by atoms with Crippen LogP contribution in [0.1, 0.15) is 32.3 Å². The second-order valence-electron chi connectivity index (χ2n) is 6.39. The lowest BCUT2D eigenvalue weighted by Gasteiger charge is -2.34. The maximum atomic E-state index is 11.8. The molecule has 0 spiro atoms. The summed E-state index contributed by atoms with van der Waals surface area (Å²) in [6.07, 6.45) is -0.324. The van der Waals surface area contributed by atoms with Gasteiger partial charge in [0, 0.05) is 23.0 Å². The number of fused-ring (bicyclic) bond motifs is 1. The van der Waals surface area contributed by atoms with Crippen LogP contribution < -0.4 is 11.5 Å². The van der Waals surface area contributed by atoms with Crippen molar-refractivity contribution in [2.45, 2.75) is 32.8 Å². The molecule has 0 saturated heterocycles. The molecular formula is C16H21N3O3. The van der Waals surface area contributed by atoms with Crippen LogP contribution in [0.3, 0.4) is 0 Å². The lowest BCUT2D eigenvalue weighted by molar-refractivity contribution is -0.128. The Bertz CT molecular complexity index is 700. The third-order valence-electron chi connectivity index (χ3n) is 3.72. The number of ether oxygens (including phenoxy) is 1. The molecule has 0 radical (unpaired) electrons. The lowest BCUT2D eigenvalue weighted by Crippen LogP contribution is -2.43. The predicted molar refractivity (Wildman–Crippen MR) is 84.1 cm³/mol. The van der Waals surface area contributed by atoms with Crippen LogP contribution in [0, 0.1) is 5.41 Å². The van der Waals surface area contributed by atoms with Crippen LogP contribution in [0.2, 0.25) is 0 Å². The molecule has 1 heterocycles. The van der Waals surface area contributed by atoms with Crippen molar-refractivity contribution in [3.63, 3.8) is 0 Å². The summed E-state index contributed by atoms with van der Waals surface area (Å²) in [5.74, 6) is -1.14. The van der Waals surface area contributed by atoms with Crippen LogP contribution in [0.25, 0.3) is 10.9 Å². The fourth-order valence-corrected chi connectivity index (χ4v) is 2.85. The largest absolute Gasteiger partial charge is 0.436 e. The smallest absolute Gasteiger partial charge is 0.405 e. The Hall–Kier alpha value is -2.50. The molecular weight excluding hydrogens is 282 g/mol. The van der Waals surface area contributed by atoms with Gasteiger partial charge in [0.1, 0.15) is 0 Å². The zero-order chi connectivity index (χ0) is 16.5. The third-order valence-corrected chi connectivity index (χ3v) is 3.72. The molecule has 2 unspecified atom stereocenters. The molecule has 2 rings (SSSR count). The summed E-state index contributed by atoms with van der Waals surface area (Å²) in [6.45, 7) is 5.87. The standard InChI is InChI=1S/C16H21N3O3/c1-16(2,3)12(13(14(17)20)22-15(18)21)10-8-19-11-7-5-4-6-9(10)11/h4-8,12-13,19H,1-3H3,(H2,17,20)(H2,18,21). The quantitative estimate of drug-likeness (QED) is 0.805. The average molecular weight is 303 g/mol. The number of rotatable bonds is 4. The average Bonchev–Trinajstić information content (AvgIpc) is 2.80. The highest BCUT2D eigenvalue weighted by Gasteiger charge is 2.40. The van der Waals surface area contributed by atoms with E-state index in [2.05, 4.69) is 4.98 Å². The normalized spacial score (nSPS) is 14.5. The fourth-order valence-electron chi connectivity index (χ4n) is 2.85. The van der Waals surface area contributed by atoms with E-state index in [4.69, 9.17) is 16.2 Å². The van der Waals surface area contributed by atoms with Crippen LogP contribution in [-0.4, -0.2) is 23.1 Å². The van der Waals surface area contributed by atoms with Gasteiger partial charge in [0.05, 0.1) is 0 Å². The van der Waals surface area contributed by atoms with Gasteiger partial charge in [-0.05, 0) is 17.0 Å². The number of aromatic amines is 1. The van der Waals surface area contributed by atoms with Crippen molar-refractivity contribution in [3.05, 3.63) is 36.0 Å². The van der Waals surface area contributed by atoms with Gasteiger partial charge in [0.2, 0.25) is 0 Å². The number of para-hydroxylation sites is 1. The predicted octanol–water partition coefficient (Wildman–Crippen LogP) is 2.25. The van der Waals surface area contributed by atoms with E-state index < -0.39 is 24.0 Å². The summed E-state index contributed by atoms with van der Waals surface area (Å²) >= 11 is 0. The zero-order valence-corrected chi connectivity index (χ0v) is 12.9. The number of nitrogens with one attached hydrogen (secondary N) is 1. The lowest BCUT2D eigenvalue weighted by atomic mass is 9.73. The molecule has 5 N–H and O–H groups in total. The Morgan fingerprint density at radius 1 is 1.18 bits per heavy atom. The van der Waals surface area contributed by atoms with E-state index in [-0.39, 0.29) is 5.41 Å². The number of nitrogens with two attached hydrogens (primary N) is 2. The number of H-pyrrole nitrogens is 1. The molecule has 1 aromatic heterocycles. The summed E-state index contributed by atoms with van der Waals surface area (Å²) in [6, 6.07) is 7.71. The first kappa shape index (κ1) is 15.9. The van der Waals surface area contributed by atoms with Gasteiger partial charge in [-0.25, -0.2) is 4.79 Å². The molecule has 0 aliphatic carbocycles. The van der Waals surface area contributed by atoms with E-state index in [1.54, 1.807) is 0 Å². The van der Waals surface area contributed by atoms with Gasteiger partial charge in [-0.15, -0.1) is 0 Å². The van der Waals surface area contributed by atoms with Gasteiger partial charge >= 0.3 is 6.09 Å². The van der Waals surface area contributed by atoms with Crippen molar-refractivity contribution < 1.29 is 14.3 Å². The molecule has 2 atom stereocenters. The van der Waals surface area contributed by atoms with Gasteiger partial charge in [0.15, 0.2) is 6.10 Å². The third kappa shape index (κ3) is 3.05. The minimum absolute atomic E-state index is 0.375. The van der Waals surface area contributed by atoms with E-state index >= 15 is 0 Å².